The summed E-state index contributed by atoms with van der Waals surface area (Å²) in [5.41, 5.74) is 3.91. The fourth-order valence-electron chi connectivity index (χ4n) is 3.69. The smallest absolute Gasteiger partial charge is 0.231 e. The Morgan fingerprint density at radius 1 is 1.11 bits per heavy atom. The summed E-state index contributed by atoms with van der Waals surface area (Å²) in [4.78, 5) is 13.6. The van der Waals surface area contributed by atoms with Crippen molar-refractivity contribution in [2.75, 3.05) is 19.2 Å². The topological polar surface area (TPSA) is 56.8 Å². The number of amides is 1. The third-order valence-corrected chi connectivity index (χ3v) is 6.08. The number of thiophene rings is 1. The molecule has 3 heterocycles. The molecule has 2 aliphatic heterocycles. The zero-order valence-electron chi connectivity index (χ0n) is 14.7. The van der Waals surface area contributed by atoms with Gasteiger partial charge in [-0.2, -0.15) is 0 Å². The SMILES string of the molecule is COc1ccccc1-c1csc2c1NC(=O)C[C@@H]2c1ccc2c(c1)OCO2. The Morgan fingerprint density at radius 2 is 1.96 bits per heavy atom. The molecule has 0 saturated heterocycles. The lowest BCUT2D eigenvalue weighted by atomic mass is 9.89. The third-order valence-electron chi connectivity index (χ3n) is 4.99. The van der Waals surface area contributed by atoms with Gasteiger partial charge in [-0.05, 0) is 23.8 Å². The fourth-order valence-corrected chi connectivity index (χ4v) is 4.84. The molecule has 0 fully saturated rings. The molecule has 6 heteroatoms. The Bertz CT molecular complexity index is 1040. The number of nitrogens with one attached hydrogen (secondary N) is 1. The minimum Gasteiger partial charge on any atom is -0.496 e. The van der Waals surface area contributed by atoms with Crippen molar-refractivity contribution < 1.29 is 19.0 Å². The number of hydrogen-bond acceptors (Lipinski definition) is 5. The van der Waals surface area contributed by atoms with Crippen LogP contribution in [0.5, 0.6) is 17.2 Å². The summed E-state index contributed by atoms with van der Waals surface area (Å²) in [7, 11) is 1.66. The highest BCUT2D eigenvalue weighted by atomic mass is 32.1. The molecule has 0 spiro atoms. The van der Waals surface area contributed by atoms with Gasteiger partial charge in [0.05, 0.1) is 12.8 Å². The number of anilines is 1. The molecular weight excluding hydrogens is 362 g/mol. The highest BCUT2D eigenvalue weighted by molar-refractivity contribution is 7.11. The van der Waals surface area contributed by atoms with Crippen LogP contribution in [0.2, 0.25) is 0 Å². The van der Waals surface area contributed by atoms with Gasteiger partial charge in [0.2, 0.25) is 12.7 Å². The number of carbonyl (C=O) groups excluding carboxylic acids is 1. The van der Waals surface area contributed by atoms with Crippen LogP contribution in [0.15, 0.2) is 47.8 Å². The number of benzene rings is 2. The lowest BCUT2D eigenvalue weighted by molar-refractivity contribution is -0.116. The molecule has 1 N–H and O–H groups in total. The molecular formula is C21H17NO4S. The van der Waals surface area contributed by atoms with E-state index in [2.05, 4.69) is 10.7 Å². The first-order valence-electron chi connectivity index (χ1n) is 8.69. The molecule has 2 aromatic carbocycles. The normalized spacial score (nSPS) is 17.4. The number of carbonyl (C=O) groups is 1. The minimum atomic E-state index is -0.00305. The first-order valence-corrected chi connectivity index (χ1v) is 9.56. The maximum absolute atomic E-state index is 12.5. The highest BCUT2D eigenvalue weighted by Gasteiger charge is 2.32. The molecule has 0 aliphatic carbocycles. The second kappa shape index (κ2) is 6.32. The molecule has 1 amide bonds. The van der Waals surface area contributed by atoms with E-state index in [4.69, 9.17) is 14.2 Å². The molecule has 2 aliphatic rings. The second-order valence-corrected chi connectivity index (χ2v) is 7.42. The van der Waals surface area contributed by atoms with Crippen LogP contribution in [0.4, 0.5) is 5.69 Å². The van der Waals surface area contributed by atoms with E-state index in [-0.39, 0.29) is 18.6 Å². The van der Waals surface area contributed by atoms with E-state index in [9.17, 15) is 4.79 Å². The lowest BCUT2D eigenvalue weighted by Gasteiger charge is -2.24. The Kier molecular flexibility index (Phi) is 3.79. The Labute approximate surface area is 160 Å². The van der Waals surface area contributed by atoms with Gasteiger partial charge in [-0.15, -0.1) is 11.3 Å². The molecule has 5 rings (SSSR count). The summed E-state index contributed by atoms with van der Waals surface area (Å²) in [6.45, 7) is 0.242. The van der Waals surface area contributed by atoms with Crippen molar-refractivity contribution in [2.45, 2.75) is 12.3 Å². The molecule has 1 atom stereocenters. The van der Waals surface area contributed by atoms with E-state index < -0.39 is 0 Å². The Morgan fingerprint density at radius 3 is 2.85 bits per heavy atom. The standard InChI is InChI=1S/C21H17NO4S/c1-24-16-5-3-2-4-13(16)15-10-27-21-14(9-19(23)22-20(15)21)12-6-7-17-18(8-12)26-11-25-17/h2-8,10,14H,9,11H2,1H3,(H,22,23)/t14-/m1/s1. The average molecular weight is 379 g/mol. The molecule has 136 valence electrons. The fraction of sp³-hybridized carbons (Fsp3) is 0.190. The van der Waals surface area contributed by atoms with E-state index in [1.165, 1.54) is 0 Å². The third kappa shape index (κ3) is 2.64. The largest absolute Gasteiger partial charge is 0.496 e. The molecule has 3 aromatic rings. The number of para-hydroxylation sites is 1. The second-order valence-electron chi connectivity index (χ2n) is 6.51. The predicted molar refractivity (Wildman–Crippen MR) is 104 cm³/mol. The van der Waals surface area contributed by atoms with Crippen LogP contribution in [0.25, 0.3) is 11.1 Å². The van der Waals surface area contributed by atoms with Crippen LogP contribution in [0.1, 0.15) is 22.8 Å². The Balaban J connectivity index is 1.61. The van der Waals surface area contributed by atoms with Crippen LogP contribution in [0, 0.1) is 0 Å². The predicted octanol–water partition coefficient (Wildman–Crippen LogP) is 4.63. The summed E-state index contributed by atoms with van der Waals surface area (Å²) < 4.78 is 16.4. The molecule has 1 aromatic heterocycles. The van der Waals surface area contributed by atoms with E-state index >= 15 is 0 Å². The van der Waals surface area contributed by atoms with Crippen LogP contribution < -0.4 is 19.5 Å². The monoisotopic (exact) mass is 379 g/mol. The summed E-state index contributed by atoms with van der Waals surface area (Å²) in [5, 5.41) is 5.16. The van der Waals surface area contributed by atoms with Gasteiger partial charge in [0.15, 0.2) is 11.5 Å². The van der Waals surface area contributed by atoms with Crippen LogP contribution in [-0.2, 0) is 4.79 Å². The quantitative estimate of drug-likeness (QED) is 0.721. The number of methoxy groups -OCH3 is 1. The van der Waals surface area contributed by atoms with Gasteiger partial charge in [0.1, 0.15) is 5.75 Å². The summed E-state index contributed by atoms with van der Waals surface area (Å²) >= 11 is 1.66. The van der Waals surface area contributed by atoms with Crippen LogP contribution >= 0.6 is 11.3 Å². The lowest BCUT2D eigenvalue weighted by Crippen LogP contribution is -2.22. The van der Waals surface area contributed by atoms with Crippen LogP contribution in [-0.4, -0.2) is 19.8 Å². The van der Waals surface area contributed by atoms with E-state index in [1.807, 2.05) is 42.5 Å². The van der Waals surface area contributed by atoms with Crippen molar-refractivity contribution in [3.63, 3.8) is 0 Å². The number of ether oxygens (including phenoxy) is 3. The first kappa shape index (κ1) is 16.2. The first-order chi connectivity index (χ1) is 13.2. The van der Waals surface area contributed by atoms with Gasteiger partial charge in [0.25, 0.3) is 0 Å². The van der Waals surface area contributed by atoms with E-state index in [0.717, 1.165) is 44.5 Å². The van der Waals surface area contributed by atoms with Crippen molar-refractivity contribution >= 4 is 22.9 Å². The van der Waals surface area contributed by atoms with Crippen molar-refractivity contribution in [2.24, 2.45) is 0 Å². The van der Waals surface area contributed by atoms with E-state index in [0.29, 0.717) is 6.42 Å². The molecule has 0 unspecified atom stereocenters. The molecule has 27 heavy (non-hydrogen) atoms. The number of rotatable bonds is 3. The maximum Gasteiger partial charge on any atom is 0.231 e. The van der Waals surface area contributed by atoms with Crippen molar-refractivity contribution in [3.8, 4) is 28.4 Å². The van der Waals surface area contributed by atoms with Crippen molar-refractivity contribution in [3.05, 3.63) is 58.3 Å². The minimum absolute atomic E-state index is 0.00305. The van der Waals surface area contributed by atoms with Gasteiger partial charge in [-0.3, -0.25) is 4.79 Å². The molecule has 0 radical (unpaired) electrons. The maximum atomic E-state index is 12.5. The summed E-state index contributed by atoms with van der Waals surface area (Å²) in [6.07, 6.45) is 0.415. The van der Waals surface area contributed by atoms with Crippen molar-refractivity contribution in [1.82, 2.24) is 0 Å². The average Bonchev–Trinajstić information content (AvgIpc) is 3.33. The molecule has 0 saturated carbocycles. The summed E-state index contributed by atoms with van der Waals surface area (Å²) in [5.74, 6) is 2.29. The highest BCUT2D eigenvalue weighted by Crippen LogP contribution is 2.49. The van der Waals surface area contributed by atoms with Crippen LogP contribution in [0.3, 0.4) is 0 Å². The van der Waals surface area contributed by atoms with Gasteiger partial charge in [0, 0.05) is 33.7 Å². The number of fused-ring (bicyclic) bond motifs is 2. The summed E-state index contributed by atoms with van der Waals surface area (Å²) in [6, 6.07) is 13.8. The van der Waals surface area contributed by atoms with Gasteiger partial charge in [-0.1, -0.05) is 24.3 Å². The molecule has 5 nitrogen and oxygen atoms in total. The Hall–Kier alpha value is -2.99. The van der Waals surface area contributed by atoms with Gasteiger partial charge >= 0.3 is 0 Å². The van der Waals surface area contributed by atoms with Crippen molar-refractivity contribution in [1.29, 1.82) is 0 Å². The van der Waals surface area contributed by atoms with E-state index in [1.54, 1.807) is 18.4 Å². The zero-order chi connectivity index (χ0) is 18.4. The van der Waals surface area contributed by atoms with Gasteiger partial charge in [-0.25, -0.2) is 0 Å². The van der Waals surface area contributed by atoms with Gasteiger partial charge < -0.3 is 19.5 Å². The zero-order valence-corrected chi connectivity index (χ0v) is 15.5. The number of hydrogen-bond donors (Lipinski definition) is 1. The molecule has 0 bridgehead atoms.